The first kappa shape index (κ1) is 15.0. The Morgan fingerprint density at radius 3 is 2.80 bits per heavy atom. The SMILES string of the molecule is CC(C)Oc1cc(N(C)C2CCCCC2CN)ncn1. The number of aromatic nitrogens is 2. The number of anilines is 1. The predicted molar refractivity (Wildman–Crippen MR) is 81.0 cm³/mol. The smallest absolute Gasteiger partial charge is 0.218 e. The summed E-state index contributed by atoms with van der Waals surface area (Å²) >= 11 is 0. The van der Waals surface area contributed by atoms with Crippen LogP contribution in [0.4, 0.5) is 5.82 Å². The molecule has 0 radical (unpaired) electrons. The lowest BCUT2D eigenvalue weighted by molar-refractivity contribution is 0.232. The van der Waals surface area contributed by atoms with Crippen molar-refractivity contribution in [3.8, 4) is 5.88 Å². The summed E-state index contributed by atoms with van der Waals surface area (Å²) in [5.41, 5.74) is 5.92. The molecule has 1 aromatic rings. The molecule has 1 saturated carbocycles. The number of hydrogen-bond acceptors (Lipinski definition) is 5. The first-order chi connectivity index (χ1) is 9.61. The third kappa shape index (κ3) is 3.60. The van der Waals surface area contributed by atoms with E-state index in [1.807, 2.05) is 19.9 Å². The van der Waals surface area contributed by atoms with Gasteiger partial charge in [0.1, 0.15) is 12.1 Å². The molecule has 0 spiro atoms. The van der Waals surface area contributed by atoms with Gasteiger partial charge in [0.25, 0.3) is 0 Å². The molecule has 1 aromatic heterocycles. The molecule has 1 heterocycles. The summed E-state index contributed by atoms with van der Waals surface area (Å²) < 4.78 is 5.64. The van der Waals surface area contributed by atoms with E-state index >= 15 is 0 Å². The predicted octanol–water partition coefficient (Wildman–Crippen LogP) is 2.22. The van der Waals surface area contributed by atoms with Gasteiger partial charge in [-0.15, -0.1) is 0 Å². The van der Waals surface area contributed by atoms with E-state index in [4.69, 9.17) is 10.5 Å². The second kappa shape index (κ2) is 6.88. The van der Waals surface area contributed by atoms with Gasteiger partial charge in [-0.3, -0.25) is 0 Å². The van der Waals surface area contributed by atoms with Crippen LogP contribution in [0.2, 0.25) is 0 Å². The standard InChI is InChI=1S/C15H26N4O/c1-11(2)20-15-8-14(17-10-18-15)19(3)13-7-5-4-6-12(13)9-16/h8,10-13H,4-7,9,16H2,1-3H3. The van der Waals surface area contributed by atoms with Gasteiger partial charge in [0, 0.05) is 19.2 Å². The molecule has 112 valence electrons. The third-order valence-corrected chi connectivity index (χ3v) is 4.01. The van der Waals surface area contributed by atoms with E-state index in [0.29, 0.717) is 17.8 Å². The van der Waals surface area contributed by atoms with Crippen LogP contribution in [0, 0.1) is 5.92 Å². The van der Waals surface area contributed by atoms with E-state index in [9.17, 15) is 0 Å². The molecule has 2 rings (SSSR count). The van der Waals surface area contributed by atoms with Gasteiger partial charge in [-0.25, -0.2) is 9.97 Å². The lowest BCUT2D eigenvalue weighted by Gasteiger charge is -2.38. The van der Waals surface area contributed by atoms with Crippen LogP contribution in [0.25, 0.3) is 0 Å². The van der Waals surface area contributed by atoms with E-state index in [-0.39, 0.29) is 6.10 Å². The van der Waals surface area contributed by atoms with Gasteiger partial charge in [0.05, 0.1) is 6.10 Å². The molecule has 0 bridgehead atoms. The Morgan fingerprint density at radius 1 is 1.35 bits per heavy atom. The van der Waals surface area contributed by atoms with E-state index < -0.39 is 0 Å². The molecule has 1 aliphatic rings. The van der Waals surface area contributed by atoms with Crippen molar-refractivity contribution in [3.05, 3.63) is 12.4 Å². The highest BCUT2D eigenvalue weighted by Crippen LogP contribution is 2.30. The molecule has 2 N–H and O–H groups in total. The Morgan fingerprint density at radius 2 is 2.10 bits per heavy atom. The summed E-state index contributed by atoms with van der Waals surface area (Å²) in [6.07, 6.45) is 6.65. The zero-order valence-electron chi connectivity index (χ0n) is 12.7. The quantitative estimate of drug-likeness (QED) is 0.894. The summed E-state index contributed by atoms with van der Waals surface area (Å²) in [6.45, 7) is 4.74. The van der Waals surface area contributed by atoms with Crippen LogP contribution < -0.4 is 15.4 Å². The van der Waals surface area contributed by atoms with E-state index in [1.54, 1.807) is 6.33 Å². The molecule has 0 aromatic carbocycles. The highest BCUT2D eigenvalue weighted by Gasteiger charge is 2.28. The van der Waals surface area contributed by atoms with Crippen molar-refractivity contribution in [2.24, 2.45) is 11.7 Å². The first-order valence-electron chi connectivity index (χ1n) is 7.53. The number of hydrogen-bond donors (Lipinski definition) is 1. The first-order valence-corrected chi connectivity index (χ1v) is 7.53. The third-order valence-electron chi connectivity index (χ3n) is 4.01. The number of nitrogens with two attached hydrogens (primary N) is 1. The number of nitrogens with zero attached hydrogens (tertiary/aromatic N) is 3. The molecule has 20 heavy (non-hydrogen) atoms. The second-order valence-corrected chi connectivity index (χ2v) is 5.84. The van der Waals surface area contributed by atoms with E-state index in [0.717, 1.165) is 12.4 Å². The Kier molecular flexibility index (Phi) is 5.17. The number of rotatable bonds is 5. The van der Waals surface area contributed by atoms with Crippen LogP contribution in [0.3, 0.4) is 0 Å². The van der Waals surface area contributed by atoms with Crippen LogP contribution in [0.15, 0.2) is 12.4 Å². The van der Waals surface area contributed by atoms with Crippen LogP contribution >= 0.6 is 0 Å². The molecule has 2 unspecified atom stereocenters. The molecule has 5 heteroatoms. The van der Waals surface area contributed by atoms with Crippen LogP contribution in [-0.2, 0) is 0 Å². The Bertz CT molecular complexity index is 424. The van der Waals surface area contributed by atoms with Crippen molar-refractivity contribution >= 4 is 5.82 Å². The Balaban J connectivity index is 2.12. The van der Waals surface area contributed by atoms with Gasteiger partial charge in [-0.1, -0.05) is 12.8 Å². The molecule has 0 aliphatic heterocycles. The molecular formula is C15H26N4O. The maximum Gasteiger partial charge on any atom is 0.218 e. The van der Waals surface area contributed by atoms with E-state index in [2.05, 4.69) is 21.9 Å². The zero-order chi connectivity index (χ0) is 14.5. The van der Waals surface area contributed by atoms with Crippen molar-refractivity contribution in [3.63, 3.8) is 0 Å². The fourth-order valence-corrected chi connectivity index (χ4v) is 2.97. The summed E-state index contributed by atoms with van der Waals surface area (Å²) in [4.78, 5) is 10.8. The molecule has 5 nitrogen and oxygen atoms in total. The minimum Gasteiger partial charge on any atom is -0.475 e. The zero-order valence-corrected chi connectivity index (χ0v) is 12.7. The monoisotopic (exact) mass is 278 g/mol. The highest BCUT2D eigenvalue weighted by molar-refractivity contribution is 5.41. The normalized spacial score (nSPS) is 22.9. The Labute approximate surface area is 121 Å². The maximum atomic E-state index is 5.92. The largest absolute Gasteiger partial charge is 0.475 e. The fourth-order valence-electron chi connectivity index (χ4n) is 2.97. The van der Waals surface area contributed by atoms with Crippen LogP contribution in [0.1, 0.15) is 39.5 Å². The van der Waals surface area contributed by atoms with Gasteiger partial charge in [0.15, 0.2) is 0 Å². The van der Waals surface area contributed by atoms with Crippen LogP contribution in [0.5, 0.6) is 5.88 Å². The minimum absolute atomic E-state index is 0.120. The molecule has 0 saturated heterocycles. The molecule has 1 aliphatic carbocycles. The molecular weight excluding hydrogens is 252 g/mol. The lowest BCUT2D eigenvalue weighted by atomic mass is 9.84. The number of ether oxygens (including phenoxy) is 1. The highest BCUT2D eigenvalue weighted by atomic mass is 16.5. The summed E-state index contributed by atoms with van der Waals surface area (Å²) in [7, 11) is 2.10. The van der Waals surface area contributed by atoms with Gasteiger partial charge >= 0.3 is 0 Å². The summed E-state index contributed by atoms with van der Waals surface area (Å²) in [5.74, 6) is 2.11. The van der Waals surface area contributed by atoms with Crippen molar-refractivity contribution in [2.75, 3.05) is 18.5 Å². The average molecular weight is 278 g/mol. The molecule has 2 atom stereocenters. The second-order valence-electron chi connectivity index (χ2n) is 5.84. The van der Waals surface area contributed by atoms with Gasteiger partial charge in [-0.05, 0) is 39.2 Å². The molecule has 0 amide bonds. The van der Waals surface area contributed by atoms with Gasteiger partial charge < -0.3 is 15.4 Å². The van der Waals surface area contributed by atoms with Gasteiger partial charge in [0.2, 0.25) is 5.88 Å². The van der Waals surface area contributed by atoms with Crippen molar-refractivity contribution in [1.29, 1.82) is 0 Å². The lowest BCUT2D eigenvalue weighted by Crippen LogP contribution is -2.43. The van der Waals surface area contributed by atoms with Gasteiger partial charge in [-0.2, -0.15) is 0 Å². The van der Waals surface area contributed by atoms with Crippen LogP contribution in [-0.4, -0.2) is 35.7 Å². The van der Waals surface area contributed by atoms with Crippen molar-refractivity contribution in [2.45, 2.75) is 51.7 Å². The topological polar surface area (TPSA) is 64.3 Å². The Hall–Kier alpha value is -1.36. The summed E-state index contributed by atoms with van der Waals surface area (Å²) in [5, 5.41) is 0. The van der Waals surface area contributed by atoms with Crippen molar-refractivity contribution < 1.29 is 4.74 Å². The fraction of sp³-hybridized carbons (Fsp3) is 0.733. The van der Waals surface area contributed by atoms with Crippen molar-refractivity contribution in [1.82, 2.24) is 9.97 Å². The molecule has 1 fully saturated rings. The summed E-state index contributed by atoms with van der Waals surface area (Å²) in [6, 6.07) is 2.39. The minimum atomic E-state index is 0.120. The maximum absolute atomic E-state index is 5.92. The van der Waals surface area contributed by atoms with E-state index in [1.165, 1.54) is 25.7 Å². The average Bonchev–Trinajstić information content (AvgIpc) is 2.46.